The lowest BCUT2D eigenvalue weighted by atomic mass is 9.73. The zero-order chi connectivity index (χ0) is 13.0. The molecule has 0 bridgehead atoms. The van der Waals surface area contributed by atoms with Crippen LogP contribution < -0.4 is 0 Å². The van der Waals surface area contributed by atoms with Gasteiger partial charge in [-0.3, -0.25) is 0 Å². The Hall–Kier alpha value is -0.780. The Kier molecular flexibility index (Phi) is 4.48. The molecule has 0 nitrogen and oxygen atoms in total. The smallest absolute Gasteiger partial charge is 0.0273 e. The molecule has 100 valence electrons. The van der Waals surface area contributed by atoms with Crippen LogP contribution in [0.2, 0.25) is 0 Å². The molecule has 1 saturated carbocycles. The maximum atomic E-state index is 2.54. The fourth-order valence-corrected chi connectivity index (χ4v) is 3.77. The van der Waals surface area contributed by atoms with Gasteiger partial charge in [-0.2, -0.15) is 0 Å². The van der Waals surface area contributed by atoms with Crippen LogP contribution in [0, 0.1) is 18.3 Å². The van der Waals surface area contributed by atoms with Crippen LogP contribution in [0.5, 0.6) is 0 Å². The van der Waals surface area contributed by atoms with E-state index >= 15 is 0 Å². The Bertz CT molecular complexity index is 379. The highest BCUT2D eigenvalue weighted by Crippen LogP contribution is 2.48. The van der Waals surface area contributed by atoms with E-state index in [1.54, 1.807) is 0 Å². The summed E-state index contributed by atoms with van der Waals surface area (Å²) in [6, 6.07) is 9.04. The highest BCUT2D eigenvalue weighted by Gasteiger charge is 2.37. The zero-order valence-electron chi connectivity index (χ0n) is 12.3. The number of hydrogen-bond acceptors (Lipinski definition) is 0. The second-order valence-electron chi connectivity index (χ2n) is 6.52. The Labute approximate surface area is 113 Å². The summed E-state index contributed by atoms with van der Waals surface area (Å²) in [6.07, 6.45) is 9.80. The molecule has 0 saturated heterocycles. The van der Waals surface area contributed by atoms with E-state index in [9.17, 15) is 0 Å². The minimum absolute atomic E-state index is 0.611. The number of benzene rings is 1. The number of rotatable bonds is 5. The molecule has 2 unspecified atom stereocenters. The van der Waals surface area contributed by atoms with Crippen molar-refractivity contribution < 1.29 is 0 Å². The lowest BCUT2D eigenvalue weighted by Gasteiger charge is -2.32. The molecular weight excluding hydrogens is 216 g/mol. The summed E-state index contributed by atoms with van der Waals surface area (Å²) in [5.74, 6) is 0.979. The summed E-state index contributed by atoms with van der Waals surface area (Å²) in [6.45, 7) is 7.07. The third-order valence-corrected chi connectivity index (χ3v) is 4.99. The average Bonchev–Trinajstić information content (AvgIpc) is 2.70. The summed E-state index contributed by atoms with van der Waals surface area (Å²) in [5.41, 5.74) is 3.53. The first kappa shape index (κ1) is 13.6. The van der Waals surface area contributed by atoms with E-state index in [0.717, 1.165) is 5.92 Å². The van der Waals surface area contributed by atoms with Gasteiger partial charge in [-0.15, -0.1) is 0 Å². The maximum Gasteiger partial charge on any atom is -0.0273 e. The van der Waals surface area contributed by atoms with Gasteiger partial charge in [0.1, 0.15) is 0 Å². The molecule has 0 aliphatic heterocycles. The summed E-state index contributed by atoms with van der Waals surface area (Å²) in [7, 11) is 0. The molecule has 0 amide bonds. The topological polar surface area (TPSA) is 0 Å². The van der Waals surface area contributed by atoms with Gasteiger partial charge in [0.05, 0.1) is 0 Å². The predicted molar refractivity (Wildman–Crippen MR) is 79.9 cm³/mol. The first-order valence-corrected chi connectivity index (χ1v) is 7.69. The molecule has 1 aromatic carbocycles. The van der Waals surface area contributed by atoms with Crippen LogP contribution in [0.3, 0.4) is 0 Å². The fraction of sp³-hybridized carbons (Fsp3) is 0.667. The van der Waals surface area contributed by atoms with Gasteiger partial charge in [0, 0.05) is 0 Å². The molecule has 0 N–H and O–H groups in total. The normalized spacial score (nSPS) is 27.6. The van der Waals surface area contributed by atoms with Gasteiger partial charge >= 0.3 is 0 Å². The van der Waals surface area contributed by atoms with Crippen molar-refractivity contribution >= 4 is 0 Å². The van der Waals surface area contributed by atoms with Crippen LogP contribution in [0.25, 0.3) is 0 Å². The maximum absolute atomic E-state index is 2.54. The number of hydrogen-bond donors (Lipinski definition) is 0. The van der Waals surface area contributed by atoms with Gasteiger partial charge in [0.15, 0.2) is 0 Å². The van der Waals surface area contributed by atoms with Crippen molar-refractivity contribution in [1.82, 2.24) is 0 Å². The van der Waals surface area contributed by atoms with Crippen molar-refractivity contribution in [2.75, 3.05) is 0 Å². The lowest BCUT2D eigenvalue weighted by Crippen LogP contribution is -2.22. The minimum Gasteiger partial charge on any atom is -0.0654 e. The molecule has 0 heterocycles. The summed E-state index contributed by atoms with van der Waals surface area (Å²) in [5, 5.41) is 0. The third kappa shape index (κ3) is 3.16. The van der Waals surface area contributed by atoms with Crippen LogP contribution in [0.1, 0.15) is 63.5 Å². The molecule has 0 heteroatoms. The van der Waals surface area contributed by atoms with Gasteiger partial charge in [-0.1, -0.05) is 62.9 Å². The van der Waals surface area contributed by atoms with Crippen LogP contribution in [0.15, 0.2) is 24.3 Å². The highest BCUT2D eigenvalue weighted by molar-refractivity contribution is 5.22. The molecular formula is C18H28. The van der Waals surface area contributed by atoms with E-state index in [1.807, 2.05) is 0 Å². The summed E-state index contributed by atoms with van der Waals surface area (Å²) < 4.78 is 0. The van der Waals surface area contributed by atoms with Crippen LogP contribution in [-0.2, 0) is 6.42 Å². The summed E-state index contributed by atoms with van der Waals surface area (Å²) >= 11 is 0. The Morgan fingerprint density at radius 1 is 1.33 bits per heavy atom. The van der Waals surface area contributed by atoms with Crippen molar-refractivity contribution in [1.29, 1.82) is 0 Å². The molecule has 0 spiro atoms. The van der Waals surface area contributed by atoms with Crippen molar-refractivity contribution in [2.45, 2.75) is 65.7 Å². The monoisotopic (exact) mass is 244 g/mol. The van der Waals surface area contributed by atoms with Gasteiger partial charge in [0.2, 0.25) is 0 Å². The number of aryl methyl sites for hydroxylation is 2. The van der Waals surface area contributed by atoms with Crippen molar-refractivity contribution in [3.05, 3.63) is 35.4 Å². The quantitative estimate of drug-likeness (QED) is 0.638. The zero-order valence-corrected chi connectivity index (χ0v) is 12.3. The fourth-order valence-electron chi connectivity index (χ4n) is 3.77. The lowest BCUT2D eigenvalue weighted by molar-refractivity contribution is 0.197. The molecule has 1 aromatic rings. The van der Waals surface area contributed by atoms with Gasteiger partial charge in [-0.25, -0.2) is 0 Å². The Morgan fingerprint density at radius 2 is 2.17 bits per heavy atom. The standard InChI is InChI=1S/C18H28/c1-4-7-17-10-6-12-18(17,3)13-11-16-9-5-8-15(2)14-16/h5,8-9,14,17H,4,6-7,10-13H2,1-3H3. The molecule has 0 radical (unpaired) electrons. The summed E-state index contributed by atoms with van der Waals surface area (Å²) in [4.78, 5) is 0. The Balaban J connectivity index is 1.96. The third-order valence-electron chi connectivity index (χ3n) is 4.99. The van der Waals surface area contributed by atoms with Crippen molar-refractivity contribution in [2.24, 2.45) is 11.3 Å². The van der Waals surface area contributed by atoms with Gasteiger partial charge < -0.3 is 0 Å². The highest BCUT2D eigenvalue weighted by atomic mass is 14.4. The molecule has 2 atom stereocenters. The molecule has 1 aliphatic rings. The van der Waals surface area contributed by atoms with E-state index in [4.69, 9.17) is 0 Å². The molecule has 2 rings (SSSR count). The largest absolute Gasteiger partial charge is 0.0654 e. The van der Waals surface area contributed by atoms with Crippen molar-refractivity contribution in [3.63, 3.8) is 0 Å². The predicted octanol–water partition coefficient (Wildman–Crippen LogP) is 5.53. The van der Waals surface area contributed by atoms with E-state index in [0.29, 0.717) is 5.41 Å². The second-order valence-corrected chi connectivity index (χ2v) is 6.52. The average molecular weight is 244 g/mol. The first-order valence-electron chi connectivity index (χ1n) is 7.69. The SMILES string of the molecule is CCCC1CCCC1(C)CCc1cccc(C)c1. The second kappa shape index (κ2) is 5.91. The Morgan fingerprint density at radius 3 is 2.89 bits per heavy atom. The van der Waals surface area contributed by atoms with E-state index < -0.39 is 0 Å². The van der Waals surface area contributed by atoms with Gasteiger partial charge in [-0.05, 0) is 49.5 Å². The first-order chi connectivity index (χ1) is 8.64. The molecule has 18 heavy (non-hydrogen) atoms. The van der Waals surface area contributed by atoms with E-state index in [1.165, 1.54) is 56.1 Å². The van der Waals surface area contributed by atoms with Crippen LogP contribution in [0.4, 0.5) is 0 Å². The van der Waals surface area contributed by atoms with Gasteiger partial charge in [0.25, 0.3) is 0 Å². The van der Waals surface area contributed by atoms with Crippen molar-refractivity contribution in [3.8, 4) is 0 Å². The molecule has 1 aliphatic carbocycles. The minimum atomic E-state index is 0.611. The van der Waals surface area contributed by atoms with Crippen LogP contribution in [-0.4, -0.2) is 0 Å². The van der Waals surface area contributed by atoms with E-state index in [2.05, 4.69) is 45.0 Å². The molecule has 1 fully saturated rings. The van der Waals surface area contributed by atoms with E-state index in [-0.39, 0.29) is 0 Å². The molecule has 0 aromatic heterocycles. The van der Waals surface area contributed by atoms with Crippen LogP contribution >= 0.6 is 0 Å².